The van der Waals surface area contributed by atoms with Gasteiger partial charge in [-0.25, -0.2) is 4.39 Å². The van der Waals surface area contributed by atoms with Gasteiger partial charge in [0, 0.05) is 24.4 Å². The van der Waals surface area contributed by atoms with Crippen LogP contribution in [0, 0.1) is 12.7 Å². The van der Waals surface area contributed by atoms with Crippen LogP contribution in [0.5, 0.6) is 0 Å². The lowest BCUT2D eigenvalue weighted by Crippen LogP contribution is -2.19. The van der Waals surface area contributed by atoms with Crippen LogP contribution < -0.4 is 5.32 Å². The largest absolute Gasteiger partial charge is 0.309 e. The molecule has 1 unspecified atom stereocenters. The molecule has 0 fully saturated rings. The molecule has 90 valence electrons. The van der Waals surface area contributed by atoms with Gasteiger partial charge >= 0.3 is 0 Å². The maximum absolute atomic E-state index is 13.8. The molecule has 0 aliphatic rings. The van der Waals surface area contributed by atoms with E-state index in [1.807, 2.05) is 33.3 Å². The first kappa shape index (κ1) is 11.8. The third-order valence-electron chi connectivity index (χ3n) is 2.87. The first-order valence-corrected chi connectivity index (χ1v) is 5.55. The van der Waals surface area contributed by atoms with Crippen LogP contribution in [0.1, 0.15) is 22.9 Å². The molecule has 0 saturated carbocycles. The Morgan fingerprint density at radius 3 is 2.53 bits per heavy atom. The standard InChI is InChI=1S/C13H16FN3/c1-9-11(8-17(3)16-9)13(15-2)10-6-4-5-7-12(10)14/h4-8,13,15H,1-3H3. The zero-order valence-corrected chi connectivity index (χ0v) is 10.2. The highest BCUT2D eigenvalue weighted by atomic mass is 19.1. The van der Waals surface area contributed by atoms with Gasteiger partial charge < -0.3 is 5.32 Å². The van der Waals surface area contributed by atoms with Crippen LogP contribution >= 0.6 is 0 Å². The van der Waals surface area contributed by atoms with Crippen molar-refractivity contribution in [3.05, 3.63) is 53.1 Å². The number of benzene rings is 1. The summed E-state index contributed by atoms with van der Waals surface area (Å²) in [4.78, 5) is 0. The topological polar surface area (TPSA) is 29.9 Å². The lowest BCUT2D eigenvalue weighted by molar-refractivity contribution is 0.575. The van der Waals surface area contributed by atoms with Crippen LogP contribution in [0.25, 0.3) is 0 Å². The monoisotopic (exact) mass is 233 g/mol. The highest BCUT2D eigenvalue weighted by Crippen LogP contribution is 2.25. The summed E-state index contributed by atoms with van der Waals surface area (Å²) in [6.07, 6.45) is 1.92. The molecule has 2 rings (SSSR count). The molecule has 17 heavy (non-hydrogen) atoms. The molecule has 0 saturated heterocycles. The van der Waals surface area contributed by atoms with Gasteiger partial charge in [-0.3, -0.25) is 4.68 Å². The van der Waals surface area contributed by atoms with Crippen molar-refractivity contribution in [3.63, 3.8) is 0 Å². The van der Waals surface area contributed by atoms with Crippen molar-refractivity contribution >= 4 is 0 Å². The van der Waals surface area contributed by atoms with Crippen molar-refractivity contribution in [2.75, 3.05) is 7.05 Å². The quantitative estimate of drug-likeness (QED) is 0.880. The van der Waals surface area contributed by atoms with Gasteiger partial charge in [-0.15, -0.1) is 0 Å². The molecule has 1 aromatic carbocycles. The smallest absolute Gasteiger partial charge is 0.128 e. The summed E-state index contributed by atoms with van der Waals surface area (Å²) in [7, 11) is 3.69. The number of halogens is 1. The molecular formula is C13H16FN3. The van der Waals surface area contributed by atoms with Crippen LogP contribution in [0.2, 0.25) is 0 Å². The third kappa shape index (κ3) is 2.22. The Bertz CT molecular complexity index is 519. The third-order valence-corrected chi connectivity index (χ3v) is 2.87. The summed E-state index contributed by atoms with van der Waals surface area (Å²) in [5.41, 5.74) is 2.56. The fourth-order valence-electron chi connectivity index (χ4n) is 2.09. The molecule has 0 aliphatic heterocycles. The maximum Gasteiger partial charge on any atom is 0.128 e. The molecule has 1 aromatic heterocycles. The summed E-state index contributed by atoms with van der Waals surface area (Å²) in [5.74, 6) is -0.199. The van der Waals surface area contributed by atoms with Gasteiger partial charge in [-0.1, -0.05) is 18.2 Å². The van der Waals surface area contributed by atoms with E-state index in [0.717, 1.165) is 11.3 Å². The lowest BCUT2D eigenvalue weighted by Gasteiger charge is -2.16. The van der Waals surface area contributed by atoms with E-state index in [0.29, 0.717) is 5.56 Å². The van der Waals surface area contributed by atoms with Crippen molar-refractivity contribution in [1.29, 1.82) is 0 Å². The van der Waals surface area contributed by atoms with Crippen molar-refractivity contribution < 1.29 is 4.39 Å². The van der Waals surface area contributed by atoms with Gasteiger partial charge in [0.05, 0.1) is 11.7 Å². The lowest BCUT2D eigenvalue weighted by atomic mass is 9.99. The molecule has 4 heteroatoms. The summed E-state index contributed by atoms with van der Waals surface area (Å²) in [6, 6.07) is 6.65. The highest BCUT2D eigenvalue weighted by Gasteiger charge is 2.19. The molecule has 0 amide bonds. The molecular weight excluding hydrogens is 217 g/mol. The van der Waals surface area contributed by atoms with Gasteiger partial charge in [0.25, 0.3) is 0 Å². The second-order valence-electron chi connectivity index (χ2n) is 4.09. The molecule has 0 aliphatic carbocycles. The van der Waals surface area contributed by atoms with Crippen LogP contribution in [-0.4, -0.2) is 16.8 Å². The number of aromatic nitrogens is 2. The summed E-state index contributed by atoms with van der Waals surface area (Å²) in [6.45, 7) is 1.93. The number of aryl methyl sites for hydroxylation is 2. The predicted octanol–water partition coefficient (Wildman–Crippen LogP) is 2.18. The van der Waals surface area contributed by atoms with E-state index in [1.54, 1.807) is 16.8 Å². The average Bonchev–Trinajstić information content (AvgIpc) is 2.62. The highest BCUT2D eigenvalue weighted by molar-refractivity contribution is 5.33. The van der Waals surface area contributed by atoms with Gasteiger partial charge in [0.2, 0.25) is 0 Å². The number of hydrogen-bond donors (Lipinski definition) is 1. The predicted molar refractivity (Wildman–Crippen MR) is 65.2 cm³/mol. The zero-order valence-electron chi connectivity index (χ0n) is 10.2. The molecule has 3 nitrogen and oxygen atoms in total. The van der Waals surface area contributed by atoms with Gasteiger partial charge in [-0.2, -0.15) is 5.10 Å². The van der Waals surface area contributed by atoms with E-state index in [1.165, 1.54) is 6.07 Å². The van der Waals surface area contributed by atoms with Crippen molar-refractivity contribution in [1.82, 2.24) is 15.1 Å². The first-order chi connectivity index (χ1) is 8.13. The second kappa shape index (κ2) is 4.67. The van der Waals surface area contributed by atoms with Crippen LogP contribution in [0.4, 0.5) is 4.39 Å². The Morgan fingerprint density at radius 1 is 1.29 bits per heavy atom. The fraction of sp³-hybridized carbons (Fsp3) is 0.308. The molecule has 1 N–H and O–H groups in total. The molecule has 1 atom stereocenters. The van der Waals surface area contributed by atoms with Crippen LogP contribution in [-0.2, 0) is 7.05 Å². The minimum atomic E-state index is -0.199. The summed E-state index contributed by atoms with van der Waals surface area (Å²) in [5, 5.41) is 7.43. The summed E-state index contributed by atoms with van der Waals surface area (Å²) < 4.78 is 15.5. The molecule has 0 radical (unpaired) electrons. The zero-order chi connectivity index (χ0) is 12.4. The Hall–Kier alpha value is -1.68. The van der Waals surface area contributed by atoms with E-state index in [9.17, 15) is 4.39 Å². The summed E-state index contributed by atoms with van der Waals surface area (Å²) >= 11 is 0. The number of nitrogens with one attached hydrogen (secondary N) is 1. The second-order valence-corrected chi connectivity index (χ2v) is 4.09. The fourth-order valence-corrected chi connectivity index (χ4v) is 2.09. The first-order valence-electron chi connectivity index (χ1n) is 5.55. The van der Waals surface area contributed by atoms with Gasteiger partial charge in [0.15, 0.2) is 0 Å². The van der Waals surface area contributed by atoms with E-state index in [-0.39, 0.29) is 11.9 Å². The van der Waals surface area contributed by atoms with Crippen molar-refractivity contribution in [2.24, 2.45) is 7.05 Å². The number of rotatable bonds is 3. The van der Waals surface area contributed by atoms with E-state index >= 15 is 0 Å². The minimum absolute atomic E-state index is 0.162. The Kier molecular flexibility index (Phi) is 3.24. The van der Waals surface area contributed by atoms with Crippen molar-refractivity contribution in [2.45, 2.75) is 13.0 Å². The van der Waals surface area contributed by atoms with E-state index in [2.05, 4.69) is 10.4 Å². The molecule has 2 aromatic rings. The Morgan fingerprint density at radius 2 is 2.00 bits per heavy atom. The van der Waals surface area contributed by atoms with Gasteiger partial charge in [0.1, 0.15) is 5.82 Å². The van der Waals surface area contributed by atoms with E-state index < -0.39 is 0 Å². The normalized spacial score (nSPS) is 12.7. The van der Waals surface area contributed by atoms with Gasteiger partial charge in [-0.05, 0) is 20.0 Å². The van der Waals surface area contributed by atoms with Crippen LogP contribution in [0.15, 0.2) is 30.5 Å². The molecule has 0 spiro atoms. The van der Waals surface area contributed by atoms with Crippen molar-refractivity contribution in [3.8, 4) is 0 Å². The number of hydrogen-bond acceptors (Lipinski definition) is 2. The van der Waals surface area contributed by atoms with Crippen LogP contribution in [0.3, 0.4) is 0 Å². The SMILES string of the molecule is CNC(c1ccccc1F)c1cn(C)nc1C. The Labute approximate surface area is 100 Å². The minimum Gasteiger partial charge on any atom is -0.309 e. The van der Waals surface area contributed by atoms with E-state index in [4.69, 9.17) is 0 Å². The average molecular weight is 233 g/mol. The Balaban J connectivity index is 2.47. The molecule has 1 heterocycles. The molecule has 0 bridgehead atoms. The maximum atomic E-state index is 13.8. The number of nitrogens with zero attached hydrogens (tertiary/aromatic N) is 2.